The van der Waals surface area contributed by atoms with Crippen LogP contribution in [0.2, 0.25) is 0 Å². The molecule has 0 unspecified atom stereocenters. The Morgan fingerprint density at radius 1 is 1.14 bits per heavy atom. The first kappa shape index (κ1) is 19.0. The van der Waals surface area contributed by atoms with Gasteiger partial charge in [-0.3, -0.25) is 0 Å². The number of pyridine rings is 1. The summed E-state index contributed by atoms with van der Waals surface area (Å²) in [6.07, 6.45) is 8.76. The third-order valence-corrected chi connectivity index (χ3v) is 7.80. The number of nitrogens with zero attached hydrogens (tertiary/aromatic N) is 2. The molecule has 0 radical (unpaired) electrons. The number of hydrogen-bond donors (Lipinski definition) is 1. The molecule has 0 atom stereocenters. The lowest BCUT2D eigenvalue weighted by molar-refractivity contribution is 0.483. The van der Waals surface area contributed by atoms with Crippen LogP contribution in [0.5, 0.6) is 0 Å². The van der Waals surface area contributed by atoms with Crippen molar-refractivity contribution >= 4 is 21.2 Å². The smallest absolute Gasteiger partial charge is 0.157 e. The van der Waals surface area contributed by atoms with E-state index < -0.39 is 9.84 Å². The average Bonchev–Trinajstić information content (AvgIpc) is 3.09. The molecule has 148 valence electrons. The lowest BCUT2D eigenvalue weighted by Crippen LogP contribution is -2.25. The van der Waals surface area contributed by atoms with Gasteiger partial charge in [0.25, 0.3) is 0 Å². The van der Waals surface area contributed by atoms with E-state index >= 15 is 0 Å². The molecule has 0 aliphatic heterocycles. The number of rotatable bonds is 6. The fraction of sp³-hybridized carbons (Fsp3) is 0.409. The van der Waals surface area contributed by atoms with Crippen LogP contribution >= 0.6 is 0 Å². The van der Waals surface area contributed by atoms with Crippen LogP contribution < -0.4 is 5.32 Å². The van der Waals surface area contributed by atoms with Crippen LogP contribution in [0.1, 0.15) is 48.9 Å². The first-order valence-electron chi connectivity index (χ1n) is 9.98. The topological polar surface area (TPSA) is 63.5 Å². The van der Waals surface area contributed by atoms with E-state index in [1.807, 2.05) is 36.7 Å². The summed E-state index contributed by atoms with van der Waals surface area (Å²) in [4.78, 5) is 4.45. The summed E-state index contributed by atoms with van der Waals surface area (Å²) in [6.45, 7) is 2.68. The van der Waals surface area contributed by atoms with Crippen LogP contribution in [0.25, 0.3) is 5.65 Å². The molecule has 5 nitrogen and oxygen atoms in total. The molecule has 0 saturated heterocycles. The van der Waals surface area contributed by atoms with Crippen molar-refractivity contribution < 1.29 is 8.42 Å². The van der Waals surface area contributed by atoms with Gasteiger partial charge >= 0.3 is 0 Å². The summed E-state index contributed by atoms with van der Waals surface area (Å²) in [5.74, 6) is 0.127. The lowest BCUT2D eigenvalue weighted by atomic mass is 10.0. The molecule has 2 heterocycles. The largest absolute Gasteiger partial charge is 0.379 e. The Morgan fingerprint density at radius 3 is 2.79 bits per heavy atom. The third kappa shape index (κ3) is 4.22. The molecule has 3 aromatic rings. The van der Waals surface area contributed by atoms with Crippen molar-refractivity contribution in [1.29, 1.82) is 0 Å². The summed E-state index contributed by atoms with van der Waals surface area (Å²) in [5.41, 5.74) is 4.96. The minimum absolute atomic E-state index is 0.127. The van der Waals surface area contributed by atoms with E-state index in [2.05, 4.69) is 33.8 Å². The molecule has 2 aromatic heterocycles. The normalized spacial score (nSPS) is 15.8. The van der Waals surface area contributed by atoms with E-state index in [1.54, 1.807) is 0 Å². The summed E-state index contributed by atoms with van der Waals surface area (Å²) >= 11 is 0. The van der Waals surface area contributed by atoms with Crippen molar-refractivity contribution in [1.82, 2.24) is 9.38 Å². The van der Waals surface area contributed by atoms with Gasteiger partial charge < -0.3 is 9.72 Å². The first-order valence-corrected chi connectivity index (χ1v) is 11.7. The van der Waals surface area contributed by atoms with Gasteiger partial charge in [0.05, 0.1) is 29.4 Å². The van der Waals surface area contributed by atoms with Crippen LogP contribution in [0.15, 0.2) is 48.8 Å². The number of hydrogen-bond acceptors (Lipinski definition) is 4. The number of benzene rings is 1. The van der Waals surface area contributed by atoms with Crippen molar-refractivity contribution in [3.8, 4) is 0 Å². The predicted molar refractivity (Wildman–Crippen MR) is 113 cm³/mol. The number of aromatic nitrogens is 2. The van der Waals surface area contributed by atoms with E-state index in [9.17, 15) is 8.42 Å². The molecule has 6 heteroatoms. The molecule has 1 aliphatic rings. The maximum Gasteiger partial charge on any atom is 0.157 e. The molecule has 0 bridgehead atoms. The molecular formula is C22H27N3O2S. The van der Waals surface area contributed by atoms with Crippen molar-refractivity contribution in [3.63, 3.8) is 0 Å². The molecule has 1 fully saturated rings. The molecular weight excluding hydrogens is 370 g/mol. The van der Waals surface area contributed by atoms with Crippen LogP contribution in [-0.2, 0) is 22.1 Å². The second kappa shape index (κ2) is 7.95. The van der Waals surface area contributed by atoms with Crippen molar-refractivity contribution in [2.24, 2.45) is 0 Å². The van der Waals surface area contributed by atoms with Gasteiger partial charge in [0.2, 0.25) is 0 Å². The third-order valence-electron chi connectivity index (χ3n) is 5.57. The van der Waals surface area contributed by atoms with Crippen LogP contribution in [0.4, 0.5) is 5.69 Å². The minimum Gasteiger partial charge on any atom is -0.379 e. The Balaban J connectivity index is 1.44. The van der Waals surface area contributed by atoms with E-state index in [0.29, 0.717) is 6.54 Å². The summed E-state index contributed by atoms with van der Waals surface area (Å²) in [6, 6.07) is 11.9. The van der Waals surface area contributed by atoms with Gasteiger partial charge in [-0.1, -0.05) is 31.4 Å². The van der Waals surface area contributed by atoms with E-state index in [1.165, 1.54) is 5.56 Å². The van der Waals surface area contributed by atoms with Crippen molar-refractivity contribution in [2.45, 2.75) is 56.6 Å². The van der Waals surface area contributed by atoms with E-state index in [4.69, 9.17) is 0 Å². The fourth-order valence-electron chi connectivity index (χ4n) is 4.00. The zero-order valence-electron chi connectivity index (χ0n) is 16.3. The zero-order valence-corrected chi connectivity index (χ0v) is 17.1. The number of aryl methyl sites for hydroxylation is 1. The Morgan fingerprint density at radius 2 is 1.96 bits per heavy atom. The Hall–Kier alpha value is -2.34. The Kier molecular flexibility index (Phi) is 5.40. The van der Waals surface area contributed by atoms with Crippen molar-refractivity contribution in [2.75, 3.05) is 5.32 Å². The lowest BCUT2D eigenvalue weighted by Gasteiger charge is -2.21. The summed E-state index contributed by atoms with van der Waals surface area (Å²) in [7, 11) is -3.09. The first-order chi connectivity index (χ1) is 13.5. The summed E-state index contributed by atoms with van der Waals surface area (Å²) in [5, 5.41) is 3.24. The van der Waals surface area contributed by atoms with Crippen LogP contribution in [0, 0.1) is 6.92 Å². The number of imidazole rings is 1. The highest BCUT2D eigenvalue weighted by Gasteiger charge is 2.27. The van der Waals surface area contributed by atoms with E-state index in [-0.39, 0.29) is 11.0 Å². The second-order valence-electron chi connectivity index (χ2n) is 7.80. The molecule has 4 rings (SSSR count). The van der Waals surface area contributed by atoms with Crippen LogP contribution in [-0.4, -0.2) is 23.1 Å². The number of nitrogens with one attached hydrogen (secondary N) is 1. The Labute approximate surface area is 166 Å². The highest BCUT2D eigenvalue weighted by atomic mass is 32.2. The van der Waals surface area contributed by atoms with Gasteiger partial charge in [0.15, 0.2) is 9.84 Å². The number of sulfone groups is 1. The molecule has 1 aliphatic carbocycles. The molecule has 1 saturated carbocycles. The standard InChI is InChI=1S/C22H27N3O2S/c1-17-10-11-25-20(15-24-22(25)12-17)14-23-19-7-5-6-18(13-19)16-28(26,27)21-8-3-2-4-9-21/h5-7,10-13,15,21,23H,2-4,8-9,14,16H2,1H3. The molecule has 1 aromatic carbocycles. The van der Waals surface area contributed by atoms with E-state index in [0.717, 1.165) is 54.7 Å². The molecule has 0 spiro atoms. The average molecular weight is 398 g/mol. The number of fused-ring (bicyclic) bond motifs is 1. The maximum atomic E-state index is 12.8. The van der Waals surface area contributed by atoms with Crippen LogP contribution in [0.3, 0.4) is 0 Å². The van der Waals surface area contributed by atoms with Gasteiger partial charge in [-0.05, 0) is 55.2 Å². The number of anilines is 1. The predicted octanol–water partition coefficient (Wildman–Crippen LogP) is 4.50. The van der Waals surface area contributed by atoms with Crippen molar-refractivity contribution in [3.05, 3.63) is 65.6 Å². The molecule has 28 heavy (non-hydrogen) atoms. The zero-order chi connectivity index (χ0) is 19.6. The van der Waals surface area contributed by atoms with Gasteiger partial charge in [-0.2, -0.15) is 0 Å². The highest BCUT2D eigenvalue weighted by Crippen LogP contribution is 2.26. The quantitative estimate of drug-likeness (QED) is 0.665. The maximum absolute atomic E-state index is 12.8. The van der Waals surface area contributed by atoms with Gasteiger partial charge in [0, 0.05) is 11.9 Å². The Bertz CT molecular complexity index is 1070. The minimum atomic E-state index is -3.09. The van der Waals surface area contributed by atoms with Gasteiger partial charge in [0.1, 0.15) is 5.65 Å². The molecule has 1 N–H and O–H groups in total. The SMILES string of the molecule is Cc1ccn2c(CNc3cccc(CS(=O)(=O)C4CCCCC4)c3)cnc2c1. The fourth-order valence-corrected chi connectivity index (χ4v) is 5.94. The summed E-state index contributed by atoms with van der Waals surface area (Å²) < 4.78 is 27.6. The monoisotopic (exact) mass is 397 g/mol. The molecule has 0 amide bonds. The highest BCUT2D eigenvalue weighted by molar-refractivity contribution is 7.91. The van der Waals surface area contributed by atoms with Gasteiger partial charge in [-0.25, -0.2) is 13.4 Å². The van der Waals surface area contributed by atoms with Gasteiger partial charge in [-0.15, -0.1) is 0 Å². The second-order valence-corrected chi connectivity index (χ2v) is 10.1.